The first-order chi connectivity index (χ1) is 18.1. The molecule has 1 fully saturated rings. The summed E-state index contributed by atoms with van der Waals surface area (Å²) in [6.45, 7) is 2.52. The predicted molar refractivity (Wildman–Crippen MR) is 135 cm³/mol. The number of hydrogen-bond donors (Lipinski definition) is 2. The third-order valence-corrected chi connectivity index (χ3v) is 6.51. The highest BCUT2D eigenvalue weighted by molar-refractivity contribution is 6.33. The maximum atomic E-state index is 12.4. The third kappa shape index (κ3) is 4.92. The molecule has 9 nitrogen and oxygen atoms in total. The fourth-order valence-corrected chi connectivity index (χ4v) is 4.39. The summed E-state index contributed by atoms with van der Waals surface area (Å²) in [6, 6.07) is 12.4. The highest BCUT2D eigenvalue weighted by atomic mass is 35.5. The number of imidazole rings is 1. The maximum Gasteiger partial charge on any atom is 0.471 e. The first-order valence-corrected chi connectivity index (χ1v) is 11.9. The molecule has 1 atom stereocenters. The van der Waals surface area contributed by atoms with Gasteiger partial charge in [-0.3, -0.25) is 9.20 Å². The van der Waals surface area contributed by atoms with E-state index in [4.69, 9.17) is 11.6 Å². The Hall–Kier alpha value is -4.37. The quantitative estimate of drug-likeness (QED) is 0.374. The van der Waals surface area contributed by atoms with Gasteiger partial charge in [0.1, 0.15) is 11.8 Å². The van der Waals surface area contributed by atoms with Crippen LogP contribution in [0, 0.1) is 11.3 Å². The predicted octanol–water partition coefficient (Wildman–Crippen LogP) is 4.36. The summed E-state index contributed by atoms with van der Waals surface area (Å²) >= 11 is 6.23. The molecule has 2 N–H and O–H groups in total. The van der Waals surface area contributed by atoms with Gasteiger partial charge in [0.25, 0.3) is 0 Å². The van der Waals surface area contributed by atoms with Crippen LogP contribution in [0.4, 0.5) is 24.8 Å². The molecule has 0 unspecified atom stereocenters. The molecule has 1 saturated heterocycles. The molecule has 0 spiro atoms. The van der Waals surface area contributed by atoms with Crippen molar-refractivity contribution in [3.05, 3.63) is 71.1 Å². The van der Waals surface area contributed by atoms with Gasteiger partial charge in [-0.05, 0) is 36.8 Å². The van der Waals surface area contributed by atoms with Crippen LogP contribution in [0.25, 0.3) is 17.0 Å². The summed E-state index contributed by atoms with van der Waals surface area (Å²) in [6.07, 6.45) is -0.0484. The number of aromatic nitrogens is 4. The first kappa shape index (κ1) is 25.3. The molecule has 1 aromatic carbocycles. The first-order valence-electron chi connectivity index (χ1n) is 11.5. The second-order valence-corrected chi connectivity index (χ2v) is 9.20. The Morgan fingerprint density at radius 2 is 1.92 bits per heavy atom. The van der Waals surface area contributed by atoms with Crippen molar-refractivity contribution < 1.29 is 18.0 Å². The molecule has 4 aromatic rings. The zero-order chi connectivity index (χ0) is 27.0. The van der Waals surface area contributed by atoms with Crippen LogP contribution in [0.1, 0.15) is 24.1 Å². The summed E-state index contributed by atoms with van der Waals surface area (Å²) in [4.78, 5) is 26.1. The molecule has 0 saturated carbocycles. The van der Waals surface area contributed by atoms with E-state index in [0.29, 0.717) is 41.1 Å². The molecule has 1 aliphatic rings. The summed E-state index contributed by atoms with van der Waals surface area (Å²) in [7, 11) is 0. The molecule has 3 aromatic heterocycles. The molecule has 4 heterocycles. The van der Waals surface area contributed by atoms with E-state index in [1.165, 1.54) is 6.20 Å². The van der Waals surface area contributed by atoms with Crippen LogP contribution in [0.3, 0.4) is 0 Å². The van der Waals surface area contributed by atoms with E-state index in [0.717, 1.165) is 11.3 Å². The second kappa shape index (κ2) is 9.83. The fraction of sp³-hybridized carbons (Fsp3) is 0.240. The van der Waals surface area contributed by atoms with E-state index < -0.39 is 18.1 Å². The van der Waals surface area contributed by atoms with Gasteiger partial charge in [-0.25, -0.2) is 15.0 Å². The van der Waals surface area contributed by atoms with Gasteiger partial charge in [-0.1, -0.05) is 23.7 Å². The monoisotopic (exact) mass is 540 g/mol. The maximum absolute atomic E-state index is 12.4. The average molecular weight is 541 g/mol. The zero-order valence-corrected chi connectivity index (χ0v) is 20.6. The van der Waals surface area contributed by atoms with E-state index >= 15 is 0 Å². The smallest absolute Gasteiger partial charge is 0.367 e. The molecule has 38 heavy (non-hydrogen) atoms. The standard InChI is InChI=1S/C25H20ClF3N8O/c1-14(15-4-6-18(7-5-15)36-12-17(13-36)34-23(38)25(27,28)29)33-24-32-10-16(9-30)21(35-24)20-11-31-22-19(26)3-2-8-37(20)22/h2-8,10-11,14,17H,12-13H2,1H3,(H,34,38)(H,32,33,35)/t14-/m0/s1. The van der Waals surface area contributed by atoms with Crippen molar-refractivity contribution in [3.8, 4) is 17.5 Å². The van der Waals surface area contributed by atoms with Gasteiger partial charge in [0, 0.05) is 25.0 Å². The van der Waals surface area contributed by atoms with Crippen LogP contribution in [-0.4, -0.2) is 50.6 Å². The zero-order valence-electron chi connectivity index (χ0n) is 19.9. The fourth-order valence-electron chi connectivity index (χ4n) is 4.18. The second-order valence-electron chi connectivity index (χ2n) is 8.79. The van der Waals surface area contributed by atoms with E-state index in [1.54, 1.807) is 28.9 Å². The van der Waals surface area contributed by atoms with Crippen molar-refractivity contribution in [2.24, 2.45) is 0 Å². The minimum Gasteiger partial charge on any atom is -0.367 e. The van der Waals surface area contributed by atoms with Crippen LogP contribution in [0.2, 0.25) is 5.02 Å². The van der Waals surface area contributed by atoms with Crippen LogP contribution in [-0.2, 0) is 4.79 Å². The SMILES string of the molecule is C[C@H](Nc1ncc(C#N)c(-c2cnc3c(Cl)cccn23)n1)c1ccc(N2CC(NC(=O)C(F)(F)F)C2)cc1. The Balaban J connectivity index is 1.27. The topological polar surface area (TPSA) is 111 Å². The van der Waals surface area contributed by atoms with Crippen LogP contribution < -0.4 is 15.5 Å². The number of pyridine rings is 1. The Morgan fingerprint density at radius 1 is 1.18 bits per heavy atom. The summed E-state index contributed by atoms with van der Waals surface area (Å²) in [5, 5.41) is 15.3. The van der Waals surface area contributed by atoms with Crippen molar-refractivity contribution in [1.29, 1.82) is 5.26 Å². The van der Waals surface area contributed by atoms with E-state index in [-0.39, 0.29) is 11.6 Å². The van der Waals surface area contributed by atoms with Crippen molar-refractivity contribution in [2.75, 3.05) is 23.3 Å². The van der Waals surface area contributed by atoms with E-state index in [9.17, 15) is 23.2 Å². The van der Waals surface area contributed by atoms with Gasteiger partial charge in [0.2, 0.25) is 5.95 Å². The number of nitriles is 1. The van der Waals surface area contributed by atoms with Crippen LogP contribution in [0.5, 0.6) is 0 Å². The van der Waals surface area contributed by atoms with Crippen LogP contribution in [0.15, 0.2) is 55.0 Å². The normalized spacial score (nSPS) is 14.6. The van der Waals surface area contributed by atoms with E-state index in [2.05, 4.69) is 26.3 Å². The number of anilines is 2. The lowest BCUT2D eigenvalue weighted by molar-refractivity contribution is -0.174. The highest BCUT2D eigenvalue weighted by Gasteiger charge is 2.41. The molecule has 194 valence electrons. The number of carbonyl (C=O) groups excluding carboxylic acids is 1. The molecule has 1 amide bonds. The minimum absolute atomic E-state index is 0.198. The largest absolute Gasteiger partial charge is 0.471 e. The van der Waals surface area contributed by atoms with Gasteiger partial charge in [-0.15, -0.1) is 0 Å². The Bertz CT molecular complexity index is 1540. The van der Waals surface area contributed by atoms with Gasteiger partial charge in [0.15, 0.2) is 5.65 Å². The number of halogens is 4. The third-order valence-electron chi connectivity index (χ3n) is 6.22. The van der Waals surface area contributed by atoms with Crippen molar-refractivity contribution in [1.82, 2.24) is 24.7 Å². The van der Waals surface area contributed by atoms with Crippen molar-refractivity contribution >= 4 is 34.8 Å². The lowest BCUT2D eigenvalue weighted by Gasteiger charge is -2.41. The number of nitrogens with one attached hydrogen (secondary N) is 2. The van der Waals surface area contributed by atoms with Gasteiger partial charge >= 0.3 is 12.1 Å². The molecular weight excluding hydrogens is 521 g/mol. The lowest BCUT2D eigenvalue weighted by atomic mass is 10.0. The number of hydrogen-bond acceptors (Lipinski definition) is 7. The Labute approximate surface area is 219 Å². The Morgan fingerprint density at radius 3 is 2.61 bits per heavy atom. The summed E-state index contributed by atoms with van der Waals surface area (Å²) in [5.74, 6) is -1.60. The van der Waals surface area contributed by atoms with Gasteiger partial charge in [-0.2, -0.15) is 18.4 Å². The highest BCUT2D eigenvalue weighted by Crippen LogP contribution is 2.28. The summed E-state index contributed by atoms with van der Waals surface area (Å²) < 4.78 is 39.0. The number of alkyl halides is 3. The lowest BCUT2D eigenvalue weighted by Crippen LogP contribution is -2.61. The van der Waals surface area contributed by atoms with Crippen LogP contribution >= 0.6 is 11.6 Å². The Kier molecular flexibility index (Phi) is 6.54. The molecule has 0 radical (unpaired) electrons. The van der Waals surface area contributed by atoms with Gasteiger partial charge < -0.3 is 15.5 Å². The number of nitrogens with zero attached hydrogens (tertiary/aromatic N) is 6. The number of benzene rings is 1. The number of amides is 1. The molecule has 13 heteroatoms. The number of fused-ring (bicyclic) bond motifs is 1. The number of carbonyl (C=O) groups is 1. The van der Waals surface area contributed by atoms with Crippen molar-refractivity contribution in [2.45, 2.75) is 25.2 Å². The number of rotatable bonds is 6. The molecular formula is C25H20ClF3N8O. The average Bonchev–Trinajstić information content (AvgIpc) is 3.30. The van der Waals surface area contributed by atoms with Crippen molar-refractivity contribution in [3.63, 3.8) is 0 Å². The minimum atomic E-state index is -4.88. The van der Waals surface area contributed by atoms with Gasteiger partial charge in [0.05, 0.1) is 40.8 Å². The molecule has 1 aliphatic heterocycles. The summed E-state index contributed by atoms with van der Waals surface area (Å²) in [5.41, 5.74) is 3.60. The molecule has 0 aliphatic carbocycles. The molecule has 0 bridgehead atoms. The molecule has 5 rings (SSSR count). The van der Waals surface area contributed by atoms with E-state index in [1.807, 2.05) is 41.4 Å².